The van der Waals surface area contributed by atoms with E-state index >= 15 is 0 Å². The van der Waals surface area contributed by atoms with Crippen LogP contribution in [0.3, 0.4) is 0 Å². The van der Waals surface area contributed by atoms with Gasteiger partial charge in [0.25, 0.3) is 0 Å². The number of rotatable bonds is 3. The minimum atomic E-state index is 0.264. The Morgan fingerprint density at radius 2 is 1.60 bits per heavy atom. The number of hydrogen-bond acceptors (Lipinski definition) is 1. The zero-order valence-electron chi connectivity index (χ0n) is 9.74. The van der Waals surface area contributed by atoms with Crippen molar-refractivity contribution < 1.29 is 4.74 Å². The quantitative estimate of drug-likeness (QED) is 0.636. The Morgan fingerprint density at radius 3 is 2.07 bits per heavy atom. The summed E-state index contributed by atoms with van der Waals surface area (Å²) in [7, 11) is 0. The second-order valence-electron chi connectivity index (χ2n) is 6.00. The number of ether oxygens (including phenoxy) is 1. The molecule has 1 nitrogen and oxygen atoms in total. The summed E-state index contributed by atoms with van der Waals surface area (Å²) in [6.45, 7) is 2.17. The summed E-state index contributed by atoms with van der Waals surface area (Å²) in [5.41, 5.74) is 0.264. The van der Waals surface area contributed by atoms with E-state index in [0.29, 0.717) is 0 Å². The van der Waals surface area contributed by atoms with E-state index in [1.165, 1.54) is 38.5 Å². The van der Waals surface area contributed by atoms with Crippen molar-refractivity contribution in [3.8, 4) is 0 Å². The van der Waals surface area contributed by atoms with E-state index in [1.54, 1.807) is 0 Å². The molecule has 0 N–H and O–H groups in total. The second kappa shape index (κ2) is 3.54. The summed E-state index contributed by atoms with van der Waals surface area (Å²) in [4.78, 5) is 0. The molecule has 0 aromatic carbocycles. The van der Waals surface area contributed by atoms with Crippen LogP contribution in [0.1, 0.15) is 51.9 Å². The minimum absolute atomic E-state index is 0.264. The van der Waals surface area contributed by atoms with Gasteiger partial charge in [-0.2, -0.15) is 0 Å². The Morgan fingerprint density at radius 1 is 1.07 bits per heavy atom. The topological polar surface area (TPSA) is 9.23 Å². The van der Waals surface area contributed by atoms with Gasteiger partial charge in [0.15, 0.2) is 0 Å². The van der Waals surface area contributed by atoms with Gasteiger partial charge in [-0.15, -0.1) is 0 Å². The molecule has 0 atom stereocenters. The molecule has 0 aromatic rings. The molecule has 4 rings (SSSR count). The maximum atomic E-state index is 6.10. The Hall–Kier alpha value is -0.460. The highest BCUT2D eigenvalue weighted by atomic mass is 16.5. The number of allylic oxidation sites excluding steroid dienone is 1. The molecule has 4 saturated carbocycles. The van der Waals surface area contributed by atoms with Gasteiger partial charge < -0.3 is 4.74 Å². The van der Waals surface area contributed by atoms with Crippen molar-refractivity contribution in [1.82, 2.24) is 0 Å². The molecular formula is C14H22O. The highest BCUT2D eigenvalue weighted by molar-refractivity contribution is 5.03. The largest absolute Gasteiger partial charge is 0.495 e. The molecule has 0 aliphatic heterocycles. The molecule has 4 aliphatic rings. The van der Waals surface area contributed by atoms with E-state index in [-0.39, 0.29) is 5.60 Å². The van der Waals surface area contributed by atoms with Crippen LogP contribution < -0.4 is 0 Å². The molecule has 0 radical (unpaired) electrons. The van der Waals surface area contributed by atoms with Gasteiger partial charge in [0, 0.05) is 0 Å². The van der Waals surface area contributed by atoms with Crippen molar-refractivity contribution >= 4 is 0 Å². The fourth-order valence-electron chi connectivity index (χ4n) is 4.46. The molecule has 4 bridgehead atoms. The third kappa shape index (κ3) is 1.70. The van der Waals surface area contributed by atoms with Crippen LogP contribution in [-0.2, 0) is 4.74 Å². The predicted molar refractivity (Wildman–Crippen MR) is 61.4 cm³/mol. The molecule has 0 saturated heterocycles. The van der Waals surface area contributed by atoms with Crippen molar-refractivity contribution in [2.75, 3.05) is 0 Å². The van der Waals surface area contributed by atoms with Crippen LogP contribution >= 0.6 is 0 Å². The Labute approximate surface area is 92.9 Å². The highest BCUT2D eigenvalue weighted by Gasteiger charge is 2.52. The van der Waals surface area contributed by atoms with Gasteiger partial charge in [-0.05, 0) is 62.7 Å². The summed E-state index contributed by atoms with van der Waals surface area (Å²) in [6, 6.07) is 0. The number of hydrogen-bond donors (Lipinski definition) is 0. The van der Waals surface area contributed by atoms with Gasteiger partial charge in [-0.1, -0.05) is 13.0 Å². The molecular weight excluding hydrogens is 184 g/mol. The maximum absolute atomic E-state index is 6.10. The van der Waals surface area contributed by atoms with Crippen LogP contribution in [0.4, 0.5) is 0 Å². The summed E-state index contributed by atoms with van der Waals surface area (Å²) >= 11 is 0. The van der Waals surface area contributed by atoms with Gasteiger partial charge >= 0.3 is 0 Å². The molecule has 1 heteroatoms. The molecule has 0 heterocycles. The van der Waals surface area contributed by atoms with E-state index in [2.05, 4.69) is 13.0 Å². The van der Waals surface area contributed by atoms with E-state index in [9.17, 15) is 0 Å². The third-order valence-electron chi connectivity index (χ3n) is 4.63. The maximum Gasteiger partial charge on any atom is 0.109 e. The Balaban J connectivity index is 1.72. The fourth-order valence-corrected chi connectivity index (χ4v) is 4.46. The van der Waals surface area contributed by atoms with E-state index in [0.717, 1.165) is 24.2 Å². The summed E-state index contributed by atoms with van der Waals surface area (Å²) < 4.78 is 6.10. The van der Waals surface area contributed by atoms with Crippen molar-refractivity contribution in [1.29, 1.82) is 0 Å². The summed E-state index contributed by atoms with van der Waals surface area (Å²) in [6.07, 6.45) is 13.7. The Bertz CT molecular complexity index is 231. The summed E-state index contributed by atoms with van der Waals surface area (Å²) in [5, 5.41) is 0. The van der Waals surface area contributed by atoms with Crippen LogP contribution in [0, 0.1) is 17.8 Å². The normalized spacial score (nSPS) is 47.7. The van der Waals surface area contributed by atoms with Crippen LogP contribution in [0.25, 0.3) is 0 Å². The first kappa shape index (κ1) is 9.74. The molecule has 84 valence electrons. The molecule has 4 aliphatic carbocycles. The van der Waals surface area contributed by atoms with Crippen molar-refractivity contribution in [3.63, 3.8) is 0 Å². The first-order valence-corrected chi connectivity index (χ1v) is 6.62. The average molecular weight is 206 g/mol. The average Bonchev–Trinajstić information content (AvgIpc) is 2.15. The highest BCUT2D eigenvalue weighted by Crippen LogP contribution is 2.57. The van der Waals surface area contributed by atoms with E-state index in [4.69, 9.17) is 4.74 Å². The van der Waals surface area contributed by atoms with Crippen molar-refractivity contribution in [2.24, 2.45) is 17.8 Å². The first-order valence-electron chi connectivity index (χ1n) is 6.62. The first-order chi connectivity index (χ1) is 7.30. The minimum Gasteiger partial charge on any atom is -0.495 e. The third-order valence-corrected chi connectivity index (χ3v) is 4.63. The van der Waals surface area contributed by atoms with Crippen LogP contribution in [0.15, 0.2) is 12.3 Å². The van der Waals surface area contributed by atoms with Crippen molar-refractivity contribution in [2.45, 2.75) is 57.5 Å². The van der Waals surface area contributed by atoms with Crippen LogP contribution in [0.5, 0.6) is 0 Å². The molecule has 15 heavy (non-hydrogen) atoms. The lowest BCUT2D eigenvalue weighted by Gasteiger charge is -2.55. The van der Waals surface area contributed by atoms with Crippen molar-refractivity contribution in [3.05, 3.63) is 12.3 Å². The van der Waals surface area contributed by atoms with Crippen LogP contribution in [-0.4, -0.2) is 5.60 Å². The van der Waals surface area contributed by atoms with Gasteiger partial charge in [0.05, 0.1) is 6.26 Å². The zero-order valence-corrected chi connectivity index (χ0v) is 9.74. The second-order valence-corrected chi connectivity index (χ2v) is 6.00. The summed E-state index contributed by atoms with van der Waals surface area (Å²) in [5.74, 6) is 2.98. The molecule has 4 fully saturated rings. The lowest BCUT2D eigenvalue weighted by atomic mass is 9.54. The standard InChI is InChI=1S/C14H22O/c1-2-3-4-15-14-8-11-5-12(9-14)7-13(6-11)10-14/h3-4,11-13H,2,5-10H2,1H3/b4-3+. The molecule has 0 spiro atoms. The van der Waals surface area contributed by atoms with E-state index < -0.39 is 0 Å². The SMILES string of the molecule is CC/C=C/OC12CC3CC(CC(C3)C1)C2. The predicted octanol–water partition coefficient (Wildman–Crippen LogP) is 3.90. The molecule has 0 aromatic heterocycles. The van der Waals surface area contributed by atoms with Gasteiger partial charge in [-0.25, -0.2) is 0 Å². The molecule has 0 unspecified atom stereocenters. The van der Waals surface area contributed by atoms with Gasteiger partial charge in [-0.3, -0.25) is 0 Å². The zero-order chi connectivity index (χ0) is 10.3. The van der Waals surface area contributed by atoms with Gasteiger partial charge in [0.2, 0.25) is 0 Å². The Kier molecular flexibility index (Phi) is 2.30. The smallest absolute Gasteiger partial charge is 0.109 e. The lowest BCUT2D eigenvalue weighted by Crippen LogP contribution is -2.51. The monoisotopic (exact) mass is 206 g/mol. The van der Waals surface area contributed by atoms with Crippen LogP contribution in [0.2, 0.25) is 0 Å². The molecule has 0 amide bonds. The van der Waals surface area contributed by atoms with E-state index in [1.807, 2.05) is 6.26 Å². The fraction of sp³-hybridized carbons (Fsp3) is 0.857. The lowest BCUT2D eigenvalue weighted by molar-refractivity contribution is -0.130. The van der Waals surface area contributed by atoms with Gasteiger partial charge in [0.1, 0.15) is 5.60 Å².